The van der Waals surface area contributed by atoms with E-state index < -0.39 is 40.2 Å². The molecule has 7 nitrogen and oxygen atoms in total. The number of nitrogens with one attached hydrogen (secondary N) is 1. The highest BCUT2D eigenvalue weighted by atomic mass is 32.2. The minimum absolute atomic E-state index is 0.00496. The van der Waals surface area contributed by atoms with Crippen molar-refractivity contribution in [2.45, 2.75) is 64.1 Å². The van der Waals surface area contributed by atoms with Gasteiger partial charge in [0.2, 0.25) is 21.8 Å². The highest BCUT2D eigenvalue weighted by molar-refractivity contribution is 7.92. The normalized spacial score (nSPS) is 14.7. The summed E-state index contributed by atoms with van der Waals surface area (Å²) < 4.78 is 54.1. The molecule has 0 saturated heterocycles. The summed E-state index contributed by atoms with van der Waals surface area (Å²) in [6.07, 6.45) is 5.95. The minimum atomic E-state index is -4.09. The Morgan fingerprint density at radius 1 is 0.929 bits per heavy atom. The van der Waals surface area contributed by atoms with Gasteiger partial charge in [0.15, 0.2) is 11.6 Å². The van der Waals surface area contributed by atoms with Gasteiger partial charge >= 0.3 is 0 Å². The van der Waals surface area contributed by atoms with E-state index in [2.05, 4.69) is 5.32 Å². The lowest BCUT2D eigenvalue weighted by molar-refractivity contribution is -0.140. The van der Waals surface area contributed by atoms with Crippen molar-refractivity contribution in [3.05, 3.63) is 101 Å². The molecule has 0 aliphatic heterocycles. The molecule has 1 atom stereocenters. The number of hydrogen-bond acceptors (Lipinski definition) is 4. The van der Waals surface area contributed by atoms with Crippen LogP contribution in [0, 0.1) is 18.6 Å². The number of benzene rings is 3. The van der Waals surface area contributed by atoms with Crippen molar-refractivity contribution < 1.29 is 26.8 Å². The topological polar surface area (TPSA) is 86.8 Å². The first-order valence-electron chi connectivity index (χ1n) is 14.1. The largest absolute Gasteiger partial charge is 0.352 e. The summed E-state index contributed by atoms with van der Waals surface area (Å²) in [6, 6.07) is 18.5. The Bertz CT molecular complexity index is 1490. The lowest BCUT2D eigenvalue weighted by Crippen LogP contribution is -2.55. The molecule has 10 heteroatoms. The second-order valence-electron chi connectivity index (χ2n) is 10.9. The molecule has 224 valence electrons. The highest BCUT2D eigenvalue weighted by Crippen LogP contribution is 2.24. The monoisotopic (exact) mass is 597 g/mol. The molecule has 1 aliphatic carbocycles. The fourth-order valence-electron chi connectivity index (χ4n) is 5.32. The zero-order valence-corrected chi connectivity index (χ0v) is 24.7. The van der Waals surface area contributed by atoms with Crippen LogP contribution < -0.4 is 9.62 Å². The molecule has 1 aliphatic rings. The van der Waals surface area contributed by atoms with Crippen molar-refractivity contribution in [1.82, 2.24) is 10.2 Å². The third-order valence-corrected chi connectivity index (χ3v) is 8.84. The molecule has 0 aromatic heterocycles. The van der Waals surface area contributed by atoms with Gasteiger partial charge in [-0.05, 0) is 48.6 Å². The molecule has 4 rings (SSSR count). The Labute approximate surface area is 246 Å². The molecule has 3 aromatic rings. The van der Waals surface area contributed by atoms with E-state index in [1.54, 1.807) is 0 Å². The number of rotatable bonds is 11. The summed E-state index contributed by atoms with van der Waals surface area (Å²) in [5, 5.41) is 3.15. The number of halogens is 2. The first kappa shape index (κ1) is 31.2. The number of carbonyl (C=O) groups excluding carboxylic acids is 2. The van der Waals surface area contributed by atoms with Crippen LogP contribution in [0.5, 0.6) is 0 Å². The van der Waals surface area contributed by atoms with Gasteiger partial charge < -0.3 is 10.2 Å². The van der Waals surface area contributed by atoms with Crippen LogP contribution in [-0.4, -0.2) is 50.0 Å². The summed E-state index contributed by atoms with van der Waals surface area (Å²) in [5.41, 5.74) is 2.35. The summed E-state index contributed by atoms with van der Waals surface area (Å²) in [5.74, 6) is -3.33. The van der Waals surface area contributed by atoms with Crippen LogP contribution in [0.25, 0.3) is 0 Å². The van der Waals surface area contributed by atoms with Crippen LogP contribution in [0.2, 0.25) is 0 Å². The minimum Gasteiger partial charge on any atom is -0.352 e. The quantitative estimate of drug-likeness (QED) is 0.332. The first-order valence-corrected chi connectivity index (χ1v) is 16.0. The molecule has 0 heterocycles. The fraction of sp³-hybridized carbons (Fsp3) is 0.375. The van der Waals surface area contributed by atoms with E-state index in [0.717, 1.165) is 77.6 Å². The Hall–Kier alpha value is -3.79. The maximum atomic E-state index is 14.1. The van der Waals surface area contributed by atoms with Crippen LogP contribution in [0.1, 0.15) is 48.8 Å². The van der Waals surface area contributed by atoms with E-state index in [9.17, 15) is 26.8 Å². The van der Waals surface area contributed by atoms with Gasteiger partial charge in [-0.3, -0.25) is 13.9 Å². The second-order valence-corrected chi connectivity index (χ2v) is 12.8. The molecule has 0 unspecified atom stereocenters. The van der Waals surface area contributed by atoms with E-state index in [4.69, 9.17) is 0 Å². The maximum absolute atomic E-state index is 14.1. The Kier molecular flexibility index (Phi) is 10.3. The van der Waals surface area contributed by atoms with Crippen LogP contribution in [0.3, 0.4) is 0 Å². The number of hydrogen-bond donors (Lipinski definition) is 1. The fourth-order valence-corrected chi connectivity index (χ4v) is 6.16. The first-order chi connectivity index (χ1) is 20.0. The second kappa shape index (κ2) is 13.9. The zero-order valence-electron chi connectivity index (χ0n) is 23.9. The molecule has 2 amide bonds. The molecule has 1 saturated carbocycles. The number of nitrogens with zero attached hydrogens (tertiary/aromatic N) is 2. The van der Waals surface area contributed by atoms with Gasteiger partial charge in [-0.15, -0.1) is 0 Å². The van der Waals surface area contributed by atoms with Gasteiger partial charge in [0, 0.05) is 25.1 Å². The Balaban J connectivity index is 1.74. The van der Waals surface area contributed by atoms with Crippen molar-refractivity contribution in [3.63, 3.8) is 0 Å². The molecule has 0 spiro atoms. The Morgan fingerprint density at radius 3 is 2.24 bits per heavy atom. The Morgan fingerprint density at radius 2 is 1.60 bits per heavy atom. The van der Waals surface area contributed by atoms with Gasteiger partial charge in [-0.25, -0.2) is 17.2 Å². The summed E-state index contributed by atoms with van der Waals surface area (Å²) >= 11 is 0. The van der Waals surface area contributed by atoms with Crippen LogP contribution in [0.15, 0.2) is 72.8 Å². The van der Waals surface area contributed by atoms with E-state index in [1.807, 2.05) is 61.5 Å². The number of anilines is 1. The van der Waals surface area contributed by atoms with E-state index in [0.29, 0.717) is 0 Å². The molecule has 1 fully saturated rings. The van der Waals surface area contributed by atoms with E-state index >= 15 is 0 Å². The van der Waals surface area contributed by atoms with Crippen molar-refractivity contribution in [2.75, 3.05) is 17.1 Å². The van der Waals surface area contributed by atoms with Gasteiger partial charge in [-0.2, -0.15) is 0 Å². The lowest BCUT2D eigenvalue weighted by atomic mass is 9.94. The SMILES string of the molecule is Cc1ccccc1CN(C(=O)CN(c1ccc(F)c(F)c1)S(C)(=O)=O)[C@H](Cc1ccccc1)C(=O)NC1CCCCC1. The highest BCUT2D eigenvalue weighted by Gasteiger charge is 2.34. The van der Waals surface area contributed by atoms with Gasteiger partial charge in [-0.1, -0.05) is 73.9 Å². The summed E-state index contributed by atoms with van der Waals surface area (Å²) in [6.45, 7) is 1.25. The maximum Gasteiger partial charge on any atom is 0.244 e. The van der Waals surface area contributed by atoms with Crippen LogP contribution in [-0.2, 0) is 32.6 Å². The smallest absolute Gasteiger partial charge is 0.244 e. The third kappa shape index (κ3) is 8.15. The van der Waals surface area contributed by atoms with Crippen molar-refractivity contribution in [3.8, 4) is 0 Å². The predicted molar refractivity (Wildman–Crippen MR) is 159 cm³/mol. The molecule has 42 heavy (non-hydrogen) atoms. The van der Waals surface area contributed by atoms with Crippen molar-refractivity contribution in [2.24, 2.45) is 0 Å². The van der Waals surface area contributed by atoms with E-state index in [-0.39, 0.29) is 30.6 Å². The average Bonchev–Trinajstić information content (AvgIpc) is 2.96. The molecular formula is C32H37F2N3O4S. The summed E-state index contributed by atoms with van der Waals surface area (Å²) in [4.78, 5) is 29.5. The van der Waals surface area contributed by atoms with Gasteiger partial charge in [0.25, 0.3) is 0 Å². The lowest BCUT2D eigenvalue weighted by Gasteiger charge is -2.35. The molecular weight excluding hydrogens is 560 g/mol. The van der Waals surface area contributed by atoms with Crippen LogP contribution >= 0.6 is 0 Å². The molecule has 0 bridgehead atoms. The number of carbonyl (C=O) groups is 2. The van der Waals surface area contributed by atoms with Crippen molar-refractivity contribution in [1.29, 1.82) is 0 Å². The van der Waals surface area contributed by atoms with E-state index in [1.165, 1.54) is 4.90 Å². The predicted octanol–water partition coefficient (Wildman–Crippen LogP) is 5.13. The molecule has 1 N–H and O–H groups in total. The van der Waals surface area contributed by atoms with Gasteiger partial charge in [0.1, 0.15) is 12.6 Å². The van der Waals surface area contributed by atoms with Crippen molar-refractivity contribution >= 4 is 27.5 Å². The molecule has 3 aromatic carbocycles. The number of amides is 2. The standard InChI is InChI=1S/C32H37F2N3O4S/c1-23-11-9-10-14-25(23)21-36(31(38)22-37(42(2,40)41)27-17-18-28(33)29(34)20-27)30(19-24-12-5-3-6-13-24)32(39)35-26-15-7-4-8-16-26/h3,5-6,9-14,17-18,20,26,30H,4,7-8,15-16,19,21-22H2,1-2H3,(H,35,39)/t30-/m1/s1. The summed E-state index contributed by atoms with van der Waals surface area (Å²) in [7, 11) is -4.09. The third-order valence-electron chi connectivity index (χ3n) is 7.69. The number of aryl methyl sites for hydroxylation is 1. The van der Waals surface area contributed by atoms with Gasteiger partial charge in [0.05, 0.1) is 11.9 Å². The van der Waals surface area contributed by atoms with Crippen LogP contribution in [0.4, 0.5) is 14.5 Å². The number of sulfonamides is 1. The zero-order chi connectivity index (χ0) is 30.3. The average molecular weight is 598 g/mol. The molecule has 0 radical (unpaired) electrons.